The van der Waals surface area contributed by atoms with Gasteiger partial charge in [0.1, 0.15) is 0 Å². The number of carboxylic acid groups (broad SMARTS) is 1. The van der Waals surface area contributed by atoms with Gasteiger partial charge >= 0.3 is 12.0 Å². The number of pyridine rings is 1. The van der Waals surface area contributed by atoms with Gasteiger partial charge in [-0.3, -0.25) is 4.89 Å². The molecule has 0 unspecified atom stereocenters. The Hall–Kier alpha value is -1.90. The second-order valence-electron chi connectivity index (χ2n) is 2.16. The molecule has 0 spiro atoms. The summed E-state index contributed by atoms with van der Waals surface area (Å²) in [6.07, 6.45) is -0.546. The first-order valence-corrected chi connectivity index (χ1v) is 4.17. The summed E-state index contributed by atoms with van der Waals surface area (Å²) in [5.74, 6) is -1.05. The number of nitrogens with zero attached hydrogens (tertiary/aromatic N) is 2. The molecule has 80 valence electrons. The van der Waals surface area contributed by atoms with Crippen molar-refractivity contribution in [2.24, 2.45) is 0 Å². The Morgan fingerprint density at radius 3 is 2.87 bits per heavy atom. The SMILES string of the molecule is O=C(O)OOc1cc(Br)cnc1[N+](=O)[O-]. The molecule has 1 rings (SSSR count). The Labute approximate surface area is 90.6 Å². The predicted molar refractivity (Wildman–Crippen MR) is 48.3 cm³/mol. The minimum absolute atomic E-state index is 0.386. The Morgan fingerprint density at radius 1 is 1.67 bits per heavy atom. The highest BCUT2D eigenvalue weighted by Gasteiger charge is 2.19. The summed E-state index contributed by atoms with van der Waals surface area (Å²) in [6, 6.07) is 1.16. The quantitative estimate of drug-likeness (QED) is 0.509. The number of nitro groups is 1. The van der Waals surface area contributed by atoms with Crippen LogP contribution in [0.15, 0.2) is 16.7 Å². The van der Waals surface area contributed by atoms with E-state index in [2.05, 4.69) is 30.7 Å². The Morgan fingerprint density at radius 2 is 2.33 bits per heavy atom. The first-order chi connectivity index (χ1) is 7.00. The van der Waals surface area contributed by atoms with Crippen LogP contribution >= 0.6 is 15.9 Å². The Bertz CT molecular complexity index is 409. The van der Waals surface area contributed by atoms with Gasteiger partial charge < -0.3 is 15.2 Å². The molecule has 15 heavy (non-hydrogen) atoms. The second kappa shape index (κ2) is 4.55. The zero-order valence-electron chi connectivity index (χ0n) is 6.92. The van der Waals surface area contributed by atoms with Crippen molar-refractivity contribution in [2.75, 3.05) is 0 Å². The van der Waals surface area contributed by atoms with Gasteiger partial charge in [-0.05, 0) is 25.8 Å². The van der Waals surface area contributed by atoms with Crippen LogP contribution in [-0.2, 0) is 4.89 Å². The lowest BCUT2D eigenvalue weighted by Gasteiger charge is -2.01. The zero-order chi connectivity index (χ0) is 11.4. The smallest absolute Gasteiger partial charge is 0.447 e. The molecule has 9 heteroatoms. The molecule has 0 aliphatic heterocycles. The van der Waals surface area contributed by atoms with Gasteiger partial charge in [0.2, 0.25) is 0 Å². The standard InChI is InChI=1S/C6H3BrN2O6/c7-3-1-4(14-15-6(10)11)5(8-2-3)9(12)13/h1-2H,(H,10,11). The third-order valence-electron chi connectivity index (χ3n) is 1.18. The maximum absolute atomic E-state index is 10.4. The van der Waals surface area contributed by atoms with E-state index in [1.165, 1.54) is 6.20 Å². The van der Waals surface area contributed by atoms with E-state index in [9.17, 15) is 14.9 Å². The summed E-state index contributed by atoms with van der Waals surface area (Å²) in [7, 11) is 0. The summed E-state index contributed by atoms with van der Waals surface area (Å²) in [5.41, 5.74) is 0. The van der Waals surface area contributed by atoms with E-state index >= 15 is 0 Å². The van der Waals surface area contributed by atoms with Gasteiger partial charge in [0.25, 0.3) is 5.75 Å². The van der Waals surface area contributed by atoms with Gasteiger partial charge in [0.15, 0.2) is 6.20 Å². The van der Waals surface area contributed by atoms with Crippen molar-refractivity contribution in [3.05, 3.63) is 26.9 Å². The lowest BCUT2D eigenvalue weighted by molar-refractivity contribution is -0.392. The van der Waals surface area contributed by atoms with Crippen LogP contribution < -0.4 is 4.89 Å². The van der Waals surface area contributed by atoms with Crippen LogP contribution in [0.4, 0.5) is 10.6 Å². The van der Waals surface area contributed by atoms with Crippen LogP contribution in [0.2, 0.25) is 0 Å². The maximum Gasteiger partial charge on any atom is 0.547 e. The predicted octanol–water partition coefficient (Wildman–Crippen LogP) is 1.74. The van der Waals surface area contributed by atoms with Crippen LogP contribution in [0.1, 0.15) is 0 Å². The summed E-state index contributed by atoms with van der Waals surface area (Å²) < 4.78 is 0.386. The molecule has 1 aromatic rings. The van der Waals surface area contributed by atoms with E-state index in [0.717, 1.165) is 6.07 Å². The second-order valence-corrected chi connectivity index (χ2v) is 3.08. The van der Waals surface area contributed by atoms with Gasteiger partial charge in [-0.2, -0.15) is 0 Å². The number of halogens is 1. The number of aromatic nitrogens is 1. The monoisotopic (exact) mass is 278 g/mol. The molecule has 0 radical (unpaired) electrons. The van der Waals surface area contributed by atoms with Crippen molar-refractivity contribution in [3.63, 3.8) is 0 Å². The molecular formula is C6H3BrN2O6. The lowest BCUT2D eigenvalue weighted by atomic mass is 10.4. The minimum Gasteiger partial charge on any atom is -0.447 e. The highest BCUT2D eigenvalue weighted by molar-refractivity contribution is 9.10. The molecule has 0 aromatic carbocycles. The molecule has 0 fully saturated rings. The average Bonchev–Trinajstić information content (AvgIpc) is 2.14. The average molecular weight is 279 g/mol. The molecule has 0 aliphatic rings. The minimum atomic E-state index is -1.72. The molecule has 0 aliphatic carbocycles. The van der Waals surface area contributed by atoms with Crippen molar-refractivity contribution in [2.45, 2.75) is 0 Å². The fourth-order valence-electron chi connectivity index (χ4n) is 0.692. The van der Waals surface area contributed by atoms with Crippen molar-refractivity contribution in [1.29, 1.82) is 0 Å². The molecule has 0 atom stereocenters. The summed E-state index contributed by atoms with van der Waals surface area (Å²) in [5, 5.41) is 18.5. The van der Waals surface area contributed by atoms with Crippen molar-refractivity contribution in [1.82, 2.24) is 4.98 Å². The van der Waals surface area contributed by atoms with E-state index in [-0.39, 0.29) is 0 Å². The molecule has 1 aromatic heterocycles. The molecule has 8 nitrogen and oxygen atoms in total. The summed E-state index contributed by atoms with van der Waals surface area (Å²) >= 11 is 2.98. The van der Waals surface area contributed by atoms with Crippen molar-refractivity contribution in [3.8, 4) is 5.75 Å². The van der Waals surface area contributed by atoms with Gasteiger partial charge in [-0.25, -0.2) is 9.68 Å². The van der Waals surface area contributed by atoms with Gasteiger partial charge in [0, 0.05) is 6.07 Å². The van der Waals surface area contributed by atoms with Crippen LogP contribution in [-0.4, -0.2) is 21.2 Å². The first-order valence-electron chi connectivity index (χ1n) is 3.38. The Kier molecular flexibility index (Phi) is 3.39. The van der Waals surface area contributed by atoms with Crippen molar-refractivity contribution >= 4 is 27.9 Å². The molecule has 0 saturated carbocycles. The van der Waals surface area contributed by atoms with Gasteiger partial charge in [-0.15, -0.1) is 0 Å². The highest BCUT2D eigenvalue weighted by atomic mass is 79.9. The number of hydrogen-bond donors (Lipinski definition) is 1. The van der Waals surface area contributed by atoms with Crippen LogP contribution in [0.5, 0.6) is 5.75 Å². The normalized spacial score (nSPS) is 9.40. The molecule has 0 bridgehead atoms. The van der Waals surface area contributed by atoms with Gasteiger partial charge in [0.05, 0.1) is 4.47 Å². The van der Waals surface area contributed by atoms with Crippen molar-refractivity contribution < 1.29 is 24.6 Å². The first kappa shape index (κ1) is 11.2. The van der Waals surface area contributed by atoms with E-state index in [1.54, 1.807) is 0 Å². The molecular weight excluding hydrogens is 276 g/mol. The molecule has 1 N–H and O–H groups in total. The van der Waals surface area contributed by atoms with Crippen LogP contribution in [0.25, 0.3) is 0 Å². The highest BCUT2D eigenvalue weighted by Crippen LogP contribution is 2.27. The van der Waals surface area contributed by atoms with Crippen LogP contribution in [0, 0.1) is 10.1 Å². The number of hydrogen-bond acceptors (Lipinski definition) is 6. The van der Waals surface area contributed by atoms with Crippen LogP contribution in [0.3, 0.4) is 0 Å². The van der Waals surface area contributed by atoms with Gasteiger partial charge in [-0.1, -0.05) is 0 Å². The maximum atomic E-state index is 10.4. The zero-order valence-corrected chi connectivity index (χ0v) is 8.50. The third-order valence-corrected chi connectivity index (χ3v) is 1.61. The number of carbonyl (C=O) groups is 1. The summed E-state index contributed by atoms with van der Waals surface area (Å²) in [4.78, 5) is 30.9. The fraction of sp³-hybridized carbons (Fsp3) is 0. The Balaban J connectivity index is 2.96. The largest absolute Gasteiger partial charge is 0.547 e. The third kappa shape index (κ3) is 3.06. The molecule has 1 heterocycles. The van der Waals surface area contributed by atoms with E-state index in [4.69, 9.17) is 5.11 Å². The van der Waals surface area contributed by atoms with E-state index < -0.39 is 22.6 Å². The lowest BCUT2D eigenvalue weighted by Crippen LogP contribution is -2.06. The topological polar surface area (TPSA) is 112 Å². The fourth-order valence-corrected chi connectivity index (χ4v) is 1.00. The molecule has 0 amide bonds. The van der Waals surface area contributed by atoms with E-state index in [1.807, 2.05) is 0 Å². The number of rotatable bonds is 3. The molecule has 0 saturated heterocycles. The van der Waals surface area contributed by atoms with E-state index in [0.29, 0.717) is 4.47 Å². The summed E-state index contributed by atoms with van der Waals surface area (Å²) in [6.45, 7) is 0.